The standard InChI is InChI=1S/C13H12ClN3O4S/c14-9-2-4-10(5-3-9)22(19,20)16-12(18)11-8-15-17-6-1-7-21-13(11)17/h2-5,8H,1,6-7H2,(H,16,18). The smallest absolute Gasteiger partial charge is 0.272 e. The average molecular weight is 342 g/mol. The number of hydrogen-bond acceptors (Lipinski definition) is 5. The fourth-order valence-corrected chi connectivity index (χ4v) is 3.17. The molecule has 1 N–H and O–H groups in total. The van der Waals surface area contributed by atoms with Crippen LogP contribution in [0.25, 0.3) is 0 Å². The highest BCUT2D eigenvalue weighted by atomic mass is 35.5. The number of carbonyl (C=O) groups is 1. The Balaban J connectivity index is 1.84. The normalized spacial score (nSPS) is 14.0. The number of halogens is 1. The van der Waals surface area contributed by atoms with Crippen LogP contribution in [0.1, 0.15) is 16.8 Å². The molecule has 7 nitrogen and oxygen atoms in total. The zero-order chi connectivity index (χ0) is 15.7. The first-order valence-electron chi connectivity index (χ1n) is 6.49. The van der Waals surface area contributed by atoms with Gasteiger partial charge < -0.3 is 4.74 Å². The van der Waals surface area contributed by atoms with Crippen molar-refractivity contribution in [3.8, 4) is 5.88 Å². The van der Waals surface area contributed by atoms with Gasteiger partial charge in [0, 0.05) is 18.0 Å². The summed E-state index contributed by atoms with van der Waals surface area (Å²) < 4.78 is 33.3. The van der Waals surface area contributed by atoms with Crippen LogP contribution in [-0.4, -0.2) is 30.7 Å². The van der Waals surface area contributed by atoms with Crippen LogP contribution in [0.15, 0.2) is 35.4 Å². The Kier molecular flexibility index (Phi) is 3.79. The second-order valence-electron chi connectivity index (χ2n) is 4.68. The van der Waals surface area contributed by atoms with Crippen molar-refractivity contribution < 1.29 is 17.9 Å². The third-order valence-corrected chi connectivity index (χ3v) is 4.74. The van der Waals surface area contributed by atoms with Crippen LogP contribution >= 0.6 is 11.6 Å². The molecule has 2 heterocycles. The predicted molar refractivity (Wildman–Crippen MR) is 78.4 cm³/mol. The van der Waals surface area contributed by atoms with E-state index in [-0.39, 0.29) is 16.3 Å². The van der Waals surface area contributed by atoms with E-state index in [9.17, 15) is 13.2 Å². The largest absolute Gasteiger partial charge is 0.477 e. The van der Waals surface area contributed by atoms with Gasteiger partial charge in [-0.05, 0) is 24.3 Å². The first-order chi connectivity index (χ1) is 10.5. The van der Waals surface area contributed by atoms with Gasteiger partial charge in [-0.1, -0.05) is 11.6 Å². The van der Waals surface area contributed by atoms with Crippen LogP contribution in [0.3, 0.4) is 0 Å². The van der Waals surface area contributed by atoms with Crippen molar-refractivity contribution in [2.45, 2.75) is 17.9 Å². The molecule has 0 aliphatic carbocycles. The van der Waals surface area contributed by atoms with E-state index < -0.39 is 15.9 Å². The molecule has 1 aromatic carbocycles. The van der Waals surface area contributed by atoms with Crippen molar-refractivity contribution >= 4 is 27.5 Å². The van der Waals surface area contributed by atoms with Gasteiger partial charge in [-0.3, -0.25) is 4.79 Å². The maximum atomic E-state index is 12.2. The van der Waals surface area contributed by atoms with E-state index in [4.69, 9.17) is 16.3 Å². The number of aromatic nitrogens is 2. The number of amides is 1. The van der Waals surface area contributed by atoms with Crippen molar-refractivity contribution in [1.29, 1.82) is 0 Å². The minimum absolute atomic E-state index is 0.0489. The fourth-order valence-electron chi connectivity index (χ4n) is 2.07. The number of benzene rings is 1. The predicted octanol–water partition coefficient (Wildman–Crippen LogP) is 1.44. The molecule has 0 saturated carbocycles. The molecule has 0 radical (unpaired) electrons. The van der Waals surface area contributed by atoms with E-state index >= 15 is 0 Å². The number of fused-ring (bicyclic) bond motifs is 1. The Hall–Kier alpha value is -2.06. The monoisotopic (exact) mass is 341 g/mol. The summed E-state index contributed by atoms with van der Waals surface area (Å²) in [6, 6.07) is 5.51. The number of nitrogens with zero attached hydrogens (tertiary/aromatic N) is 2. The molecule has 0 spiro atoms. The molecule has 0 atom stereocenters. The number of aryl methyl sites for hydroxylation is 1. The van der Waals surface area contributed by atoms with Crippen molar-refractivity contribution in [1.82, 2.24) is 14.5 Å². The molecule has 1 aliphatic heterocycles. The summed E-state index contributed by atoms with van der Waals surface area (Å²) in [7, 11) is -3.98. The highest BCUT2D eigenvalue weighted by Gasteiger charge is 2.25. The number of hydrogen-bond donors (Lipinski definition) is 1. The van der Waals surface area contributed by atoms with Crippen molar-refractivity contribution in [2.75, 3.05) is 6.61 Å². The summed E-state index contributed by atoms with van der Waals surface area (Å²) in [5, 5.41) is 4.42. The zero-order valence-corrected chi connectivity index (χ0v) is 12.9. The highest BCUT2D eigenvalue weighted by molar-refractivity contribution is 7.90. The molecule has 9 heteroatoms. The van der Waals surface area contributed by atoms with Crippen LogP contribution in [0.2, 0.25) is 5.02 Å². The molecule has 0 unspecified atom stereocenters. The Morgan fingerprint density at radius 3 is 2.77 bits per heavy atom. The first-order valence-corrected chi connectivity index (χ1v) is 8.35. The Morgan fingerprint density at radius 1 is 1.32 bits per heavy atom. The SMILES string of the molecule is O=C(NS(=O)(=O)c1ccc(Cl)cc1)c1cnn2c1OCCC2. The zero-order valence-electron chi connectivity index (χ0n) is 11.3. The third kappa shape index (κ3) is 2.79. The Morgan fingerprint density at radius 2 is 2.05 bits per heavy atom. The molecule has 1 amide bonds. The number of rotatable bonds is 3. The van der Waals surface area contributed by atoms with E-state index in [0.717, 1.165) is 6.42 Å². The molecule has 0 fully saturated rings. The van der Waals surface area contributed by atoms with Gasteiger partial charge in [0.1, 0.15) is 5.56 Å². The number of sulfonamides is 1. The second-order valence-corrected chi connectivity index (χ2v) is 6.80. The van der Waals surface area contributed by atoms with Gasteiger partial charge in [-0.2, -0.15) is 5.10 Å². The minimum atomic E-state index is -3.98. The summed E-state index contributed by atoms with van der Waals surface area (Å²) in [4.78, 5) is 12.1. The van der Waals surface area contributed by atoms with E-state index in [1.165, 1.54) is 35.1 Å². The molecule has 0 bridgehead atoms. The van der Waals surface area contributed by atoms with Crippen molar-refractivity contribution in [2.24, 2.45) is 0 Å². The quantitative estimate of drug-likeness (QED) is 0.912. The topological polar surface area (TPSA) is 90.3 Å². The van der Waals surface area contributed by atoms with Crippen LogP contribution in [-0.2, 0) is 16.6 Å². The molecule has 0 saturated heterocycles. The molecule has 22 heavy (non-hydrogen) atoms. The van der Waals surface area contributed by atoms with Crippen molar-refractivity contribution in [3.63, 3.8) is 0 Å². The number of nitrogens with one attached hydrogen (secondary N) is 1. The van der Waals surface area contributed by atoms with Crippen LogP contribution in [0.4, 0.5) is 0 Å². The van der Waals surface area contributed by atoms with E-state index in [2.05, 4.69) is 5.10 Å². The lowest BCUT2D eigenvalue weighted by Gasteiger charge is -2.15. The summed E-state index contributed by atoms with van der Waals surface area (Å²) in [6.07, 6.45) is 2.09. The average Bonchev–Trinajstić information content (AvgIpc) is 2.91. The van der Waals surface area contributed by atoms with Gasteiger partial charge >= 0.3 is 0 Å². The summed E-state index contributed by atoms with van der Waals surface area (Å²) in [5.74, 6) is -0.492. The van der Waals surface area contributed by atoms with Gasteiger partial charge in [-0.25, -0.2) is 17.8 Å². The fraction of sp³-hybridized carbons (Fsp3) is 0.231. The second kappa shape index (κ2) is 5.62. The summed E-state index contributed by atoms with van der Waals surface area (Å²) in [5.41, 5.74) is 0.0947. The minimum Gasteiger partial charge on any atom is -0.477 e. The lowest BCUT2D eigenvalue weighted by Crippen LogP contribution is -2.31. The van der Waals surface area contributed by atoms with Gasteiger partial charge in [0.2, 0.25) is 5.88 Å². The van der Waals surface area contributed by atoms with E-state index in [1.807, 2.05) is 4.72 Å². The summed E-state index contributed by atoms with van der Waals surface area (Å²) >= 11 is 5.72. The summed E-state index contributed by atoms with van der Waals surface area (Å²) in [6.45, 7) is 1.10. The van der Waals surface area contributed by atoms with E-state index in [0.29, 0.717) is 18.2 Å². The Bertz CT molecular complexity index is 814. The van der Waals surface area contributed by atoms with Crippen LogP contribution < -0.4 is 9.46 Å². The number of ether oxygens (including phenoxy) is 1. The molecule has 1 aliphatic rings. The molecule has 116 valence electrons. The lowest BCUT2D eigenvalue weighted by molar-refractivity contribution is 0.0975. The Labute approximate surface area is 131 Å². The third-order valence-electron chi connectivity index (χ3n) is 3.14. The van der Waals surface area contributed by atoms with E-state index in [1.54, 1.807) is 0 Å². The van der Waals surface area contributed by atoms with Gasteiger partial charge in [0.25, 0.3) is 15.9 Å². The van der Waals surface area contributed by atoms with Gasteiger partial charge in [0.15, 0.2) is 0 Å². The maximum Gasteiger partial charge on any atom is 0.272 e. The van der Waals surface area contributed by atoms with Crippen LogP contribution in [0.5, 0.6) is 5.88 Å². The van der Waals surface area contributed by atoms with Crippen LogP contribution in [0, 0.1) is 0 Å². The molecular weight excluding hydrogens is 330 g/mol. The van der Waals surface area contributed by atoms with Gasteiger partial charge in [0.05, 0.1) is 17.7 Å². The lowest BCUT2D eigenvalue weighted by atomic mass is 10.3. The molecular formula is C13H12ClN3O4S. The molecule has 3 rings (SSSR count). The van der Waals surface area contributed by atoms with Crippen molar-refractivity contribution in [3.05, 3.63) is 41.0 Å². The molecule has 1 aromatic heterocycles. The first kappa shape index (κ1) is 14.9. The maximum absolute atomic E-state index is 12.2. The highest BCUT2D eigenvalue weighted by Crippen LogP contribution is 2.23. The number of carbonyl (C=O) groups excluding carboxylic acids is 1. The van der Waals surface area contributed by atoms with Gasteiger partial charge in [-0.15, -0.1) is 0 Å². The molecule has 2 aromatic rings.